The fourth-order valence-electron chi connectivity index (χ4n) is 2.37. The van der Waals surface area contributed by atoms with E-state index in [1.54, 1.807) is 0 Å². The summed E-state index contributed by atoms with van der Waals surface area (Å²) in [6, 6.07) is 1.41. The molecule has 1 aliphatic rings. The summed E-state index contributed by atoms with van der Waals surface area (Å²) in [5.41, 5.74) is 0. The summed E-state index contributed by atoms with van der Waals surface area (Å²) in [6.45, 7) is 12.6. The minimum Gasteiger partial charge on any atom is -0.310 e. The Balaban J connectivity index is 2.23. The van der Waals surface area contributed by atoms with E-state index in [0.29, 0.717) is 6.04 Å². The molecule has 0 amide bonds. The van der Waals surface area contributed by atoms with Crippen molar-refractivity contribution in [3.63, 3.8) is 0 Å². The van der Waals surface area contributed by atoms with Crippen molar-refractivity contribution in [2.24, 2.45) is 5.92 Å². The van der Waals surface area contributed by atoms with Gasteiger partial charge in [-0.05, 0) is 45.2 Å². The summed E-state index contributed by atoms with van der Waals surface area (Å²) >= 11 is 0. The van der Waals surface area contributed by atoms with E-state index in [-0.39, 0.29) is 0 Å². The van der Waals surface area contributed by atoms with Gasteiger partial charge in [-0.25, -0.2) is 0 Å². The molecule has 0 spiro atoms. The van der Waals surface area contributed by atoms with Gasteiger partial charge in [-0.3, -0.25) is 0 Å². The van der Waals surface area contributed by atoms with Crippen molar-refractivity contribution in [2.45, 2.75) is 59.0 Å². The Morgan fingerprint density at radius 3 is 2.20 bits per heavy atom. The highest BCUT2D eigenvalue weighted by Crippen LogP contribution is 2.34. The van der Waals surface area contributed by atoms with Gasteiger partial charge in [0, 0.05) is 18.6 Å². The maximum absolute atomic E-state index is 3.79. The molecule has 1 N–H and O–H groups in total. The number of hydrogen-bond donors (Lipinski definition) is 1. The zero-order chi connectivity index (χ0) is 11.3. The Kier molecular flexibility index (Phi) is 5.62. The first-order valence-corrected chi connectivity index (χ1v) is 6.69. The van der Waals surface area contributed by atoms with E-state index in [1.807, 2.05) is 0 Å². The van der Waals surface area contributed by atoms with Crippen LogP contribution in [0.3, 0.4) is 0 Å². The molecule has 0 aromatic rings. The lowest BCUT2D eigenvalue weighted by atomic mass is 10.1. The second-order valence-electron chi connectivity index (χ2n) is 4.91. The van der Waals surface area contributed by atoms with Crippen molar-refractivity contribution < 1.29 is 0 Å². The van der Waals surface area contributed by atoms with Gasteiger partial charge in [-0.15, -0.1) is 0 Å². The third-order valence-electron chi connectivity index (χ3n) is 3.56. The molecule has 0 aromatic heterocycles. The van der Waals surface area contributed by atoms with Crippen molar-refractivity contribution in [3.8, 4) is 0 Å². The topological polar surface area (TPSA) is 15.3 Å². The zero-order valence-electron chi connectivity index (χ0n) is 10.9. The molecule has 2 unspecified atom stereocenters. The van der Waals surface area contributed by atoms with Gasteiger partial charge in [-0.2, -0.15) is 0 Å². The van der Waals surface area contributed by atoms with E-state index >= 15 is 0 Å². The second-order valence-corrected chi connectivity index (χ2v) is 4.91. The molecule has 0 bridgehead atoms. The molecule has 0 aromatic carbocycles. The summed E-state index contributed by atoms with van der Waals surface area (Å²) in [4.78, 5) is 2.50. The van der Waals surface area contributed by atoms with E-state index in [4.69, 9.17) is 0 Å². The molecular weight excluding hydrogens is 184 g/mol. The van der Waals surface area contributed by atoms with Crippen LogP contribution in [0.5, 0.6) is 0 Å². The van der Waals surface area contributed by atoms with E-state index in [9.17, 15) is 0 Å². The van der Waals surface area contributed by atoms with Crippen LogP contribution in [0, 0.1) is 5.92 Å². The maximum atomic E-state index is 3.79. The van der Waals surface area contributed by atoms with Crippen LogP contribution in [-0.4, -0.2) is 36.6 Å². The van der Waals surface area contributed by atoms with E-state index < -0.39 is 0 Å². The molecule has 1 fully saturated rings. The number of nitrogens with one attached hydrogen (secondary N) is 1. The fraction of sp³-hybridized carbons (Fsp3) is 1.00. The lowest BCUT2D eigenvalue weighted by Gasteiger charge is -2.27. The molecule has 1 saturated carbocycles. The van der Waals surface area contributed by atoms with Gasteiger partial charge in [0.05, 0.1) is 0 Å². The van der Waals surface area contributed by atoms with Crippen molar-refractivity contribution in [1.29, 1.82) is 0 Å². The first kappa shape index (κ1) is 13.0. The average molecular weight is 212 g/mol. The van der Waals surface area contributed by atoms with Crippen LogP contribution in [0.4, 0.5) is 0 Å². The Morgan fingerprint density at radius 2 is 1.80 bits per heavy atom. The normalized spacial score (nSPS) is 20.6. The summed E-state index contributed by atoms with van der Waals surface area (Å²) < 4.78 is 0. The van der Waals surface area contributed by atoms with Crippen LogP contribution in [0.1, 0.15) is 47.0 Å². The highest BCUT2D eigenvalue weighted by molar-refractivity contribution is 4.87. The fourth-order valence-corrected chi connectivity index (χ4v) is 2.37. The van der Waals surface area contributed by atoms with E-state index in [2.05, 4.69) is 37.9 Å². The van der Waals surface area contributed by atoms with Crippen molar-refractivity contribution >= 4 is 0 Å². The third-order valence-corrected chi connectivity index (χ3v) is 3.56. The third kappa shape index (κ3) is 4.52. The van der Waals surface area contributed by atoms with Crippen LogP contribution < -0.4 is 5.32 Å². The van der Waals surface area contributed by atoms with Gasteiger partial charge in [0.25, 0.3) is 0 Å². The van der Waals surface area contributed by atoms with Gasteiger partial charge in [0.2, 0.25) is 0 Å². The van der Waals surface area contributed by atoms with Gasteiger partial charge in [0.1, 0.15) is 0 Å². The summed E-state index contributed by atoms with van der Waals surface area (Å²) in [5.74, 6) is 0.981. The quantitative estimate of drug-likeness (QED) is 0.665. The number of rotatable bonds is 8. The van der Waals surface area contributed by atoms with E-state index in [1.165, 1.54) is 38.9 Å². The first-order valence-electron chi connectivity index (χ1n) is 6.69. The van der Waals surface area contributed by atoms with Gasteiger partial charge >= 0.3 is 0 Å². The van der Waals surface area contributed by atoms with Crippen LogP contribution in [-0.2, 0) is 0 Å². The lowest BCUT2D eigenvalue weighted by molar-refractivity contribution is 0.255. The average Bonchev–Trinajstić information content (AvgIpc) is 3.06. The number of likely N-dealkylation sites (N-methyl/N-ethyl adjacent to an activating group) is 1. The molecule has 0 aliphatic heterocycles. The molecule has 2 heteroatoms. The SMILES string of the molecule is CCC(NC(C)CN(CC)CC)C1CC1. The molecule has 1 rings (SSSR count). The monoisotopic (exact) mass is 212 g/mol. The Morgan fingerprint density at radius 1 is 1.20 bits per heavy atom. The maximum Gasteiger partial charge on any atom is 0.0169 e. The van der Waals surface area contributed by atoms with Crippen LogP contribution in [0.2, 0.25) is 0 Å². The standard InChI is InChI=1S/C13H28N2/c1-5-13(12-8-9-12)14-11(4)10-15(6-2)7-3/h11-14H,5-10H2,1-4H3. The summed E-state index contributed by atoms with van der Waals surface area (Å²) in [7, 11) is 0. The summed E-state index contributed by atoms with van der Waals surface area (Å²) in [6.07, 6.45) is 4.18. The molecule has 2 nitrogen and oxygen atoms in total. The lowest BCUT2D eigenvalue weighted by Crippen LogP contribution is -2.44. The van der Waals surface area contributed by atoms with Crippen LogP contribution in [0.25, 0.3) is 0 Å². The number of nitrogens with zero attached hydrogens (tertiary/aromatic N) is 1. The minimum absolute atomic E-state index is 0.635. The smallest absolute Gasteiger partial charge is 0.0169 e. The zero-order valence-corrected chi connectivity index (χ0v) is 10.9. The molecule has 2 atom stereocenters. The molecule has 0 heterocycles. The van der Waals surface area contributed by atoms with Crippen molar-refractivity contribution in [2.75, 3.05) is 19.6 Å². The Bertz CT molecular complexity index is 162. The van der Waals surface area contributed by atoms with E-state index in [0.717, 1.165) is 12.0 Å². The molecule has 90 valence electrons. The Hall–Kier alpha value is -0.0800. The second kappa shape index (κ2) is 6.49. The van der Waals surface area contributed by atoms with Gasteiger partial charge < -0.3 is 10.2 Å². The highest BCUT2D eigenvalue weighted by atomic mass is 15.1. The molecular formula is C13H28N2. The molecule has 1 aliphatic carbocycles. The van der Waals surface area contributed by atoms with Gasteiger partial charge in [0.15, 0.2) is 0 Å². The highest BCUT2D eigenvalue weighted by Gasteiger charge is 2.30. The van der Waals surface area contributed by atoms with Crippen LogP contribution >= 0.6 is 0 Å². The summed E-state index contributed by atoms with van der Waals surface area (Å²) in [5, 5.41) is 3.79. The van der Waals surface area contributed by atoms with Crippen LogP contribution in [0.15, 0.2) is 0 Å². The van der Waals surface area contributed by atoms with Crippen molar-refractivity contribution in [1.82, 2.24) is 10.2 Å². The molecule has 15 heavy (non-hydrogen) atoms. The molecule has 0 radical (unpaired) electrons. The molecule has 0 saturated heterocycles. The van der Waals surface area contributed by atoms with Crippen molar-refractivity contribution in [3.05, 3.63) is 0 Å². The van der Waals surface area contributed by atoms with Gasteiger partial charge in [-0.1, -0.05) is 20.8 Å². The number of hydrogen-bond acceptors (Lipinski definition) is 2. The first-order chi connectivity index (χ1) is 7.21. The largest absolute Gasteiger partial charge is 0.310 e. The minimum atomic E-state index is 0.635. The Labute approximate surface area is 95.4 Å². The predicted molar refractivity (Wildman–Crippen MR) is 67.2 cm³/mol. The predicted octanol–water partition coefficient (Wildman–Crippen LogP) is 2.49.